The van der Waals surface area contributed by atoms with E-state index in [4.69, 9.17) is 0 Å². The van der Waals surface area contributed by atoms with Crippen LogP contribution >= 0.6 is 0 Å². The summed E-state index contributed by atoms with van der Waals surface area (Å²) in [6.45, 7) is 1.91. The monoisotopic (exact) mass is 337 g/mol. The lowest BCUT2D eigenvalue weighted by Crippen LogP contribution is -2.43. The van der Waals surface area contributed by atoms with Crippen LogP contribution in [0, 0.1) is 11.3 Å². The molecule has 0 spiro atoms. The molecule has 1 unspecified atom stereocenters. The highest BCUT2D eigenvalue weighted by molar-refractivity contribution is 5.86. The topological polar surface area (TPSA) is 112 Å². The number of hydrogen-bond donors (Lipinski definition) is 2. The summed E-state index contributed by atoms with van der Waals surface area (Å²) < 4.78 is 1.80. The second-order valence-electron chi connectivity index (χ2n) is 6.82. The molecule has 1 atom stereocenters. The molecule has 9 nitrogen and oxygen atoms in total. The Balaban J connectivity index is 1.72. The zero-order chi connectivity index (χ0) is 17.3. The average molecular weight is 337 g/mol. The van der Waals surface area contributed by atoms with Crippen LogP contribution in [0.5, 0.6) is 0 Å². The van der Waals surface area contributed by atoms with Crippen molar-refractivity contribution >= 4 is 11.9 Å². The number of hydrogen-bond acceptors (Lipinski definition) is 6. The van der Waals surface area contributed by atoms with Gasteiger partial charge in [0.25, 0.3) is 0 Å². The lowest BCUT2D eigenvalue weighted by molar-refractivity contribution is -0.145. The van der Waals surface area contributed by atoms with Gasteiger partial charge in [-0.2, -0.15) is 0 Å². The first kappa shape index (κ1) is 16.8. The van der Waals surface area contributed by atoms with E-state index in [2.05, 4.69) is 10.2 Å². The molecule has 3 rings (SSSR count). The molecule has 2 aliphatic rings. The number of rotatable bonds is 5. The van der Waals surface area contributed by atoms with E-state index in [9.17, 15) is 19.8 Å². The van der Waals surface area contributed by atoms with E-state index in [0.717, 1.165) is 5.82 Å². The maximum absolute atomic E-state index is 12.6. The molecular formula is C15H23N5O4. The minimum Gasteiger partial charge on any atom is -0.481 e. The maximum Gasteiger partial charge on any atom is 0.309 e. The Morgan fingerprint density at radius 1 is 1.33 bits per heavy atom. The number of aliphatic hydroxyl groups is 1. The first-order chi connectivity index (χ1) is 11.4. The first-order valence-electron chi connectivity index (χ1n) is 8.13. The van der Waals surface area contributed by atoms with Gasteiger partial charge in [-0.25, -0.2) is 0 Å². The van der Waals surface area contributed by atoms with Crippen LogP contribution in [0.3, 0.4) is 0 Å². The van der Waals surface area contributed by atoms with E-state index in [0.29, 0.717) is 39.0 Å². The van der Waals surface area contributed by atoms with Gasteiger partial charge in [-0.3, -0.25) is 14.5 Å². The third-order valence-electron chi connectivity index (χ3n) is 5.02. The van der Waals surface area contributed by atoms with Gasteiger partial charge in [-0.15, -0.1) is 10.2 Å². The van der Waals surface area contributed by atoms with Crippen molar-refractivity contribution in [1.82, 2.24) is 24.6 Å². The number of aliphatic carboxylic acids is 1. The highest BCUT2D eigenvalue weighted by Crippen LogP contribution is 2.46. The predicted octanol–water partition coefficient (Wildman–Crippen LogP) is -1.07. The quantitative estimate of drug-likeness (QED) is 0.704. The van der Waals surface area contributed by atoms with E-state index in [-0.39, 0.29) is 19.1 Å². The van der Waals surface area contributed by atoms with Gasteiger partial charge in [0.2, 0.25) is 5.91 Å². The summed E-state index contributed by atoms with van der Waals surface area (Å²) in [5.41, 5.74) is -0.665. The maximum atomic E-state index is 12.6. The summed E-state index contributed by atoms with van der Waals surface area (Å²) >= 11 is 0. The van der Waals surface area contributed by atoms with Gasteiger partial charge in [0.05, 0.1) is 24.5 Å². The van der Waals surface area contributed by atoms with Gasteiger partial charge in [-0.1, -0.05) is 0 Å². The first-order valence-corrected chi connectivity index (χ1v) is 8.13. The number of nitrogens with zero attached hydrogens (tertiary/aromatic N) is 5. The van der Waals surface area contributed by atoms with Gasteiger partial charge in [0.15, 0.2) is 0 Å². The Bertz CT molecular complexity index is 627. The molecule has 1 aliphatic heterocycles. The molecular weight excluding hydrogens is 314 g/mol. The molecule has 1 amide bonds. The van der Waals surface area contributed by atoms with E-state index in [1.807, 2.05) is 11.9 Å². The molecule has 9 heteroatoms. The van der Waals surface area contributed by atoms with Crippen molar-refractivity contribution in [2.75, 3.05) is 32.8 Å². The van der Waals surface area contributed by atoms with Crippen molar-refractivity contribution in [3.63, 3.8) is 0 Å². The highest BCUT2D eigenvalue weighted by atomic mass is 16.4. The van der Waals surface area contributed by atoms with Gasteiger partial charge < -0.3 is 19.7 Å². The van der Waals surface area contributed by atoms with Crippen molar-refractivity contribution in [2.45, 2.75) is 19.4 Å². The van der Waals surface area contributed by atoms with Crippen molar-refractivity contribution in [2.24, 2.45) is 18.4 Å². The van der Waals surface area contributed by atoms with Crippen LogP contribution in [0.2, 0.25) is 0 Å². The molecule has 1 aromatic heterocycles. The van der Waals surface area contributed by atoms with Crippen LogP contribution in [0.15, 0.2) is 6.33 Å². The van der Waals surface area contributed by atoms with Crippen molar-refractivity contribution in [3.8, 4) is 0 Å². The molecule has 2 heterocycles. The second-order valence-corrected chi connectivity index (χ2v) is 6.82. The number of carbonyl (C=O) groups excluding carboxylic acids is 1. The lowest BCUT2D eigenvalue weighted by Gasteiger charge is -2.26. The number of aromatic nitrogens is 3. The summed E-state index contributed by atoms with van der Waals surface area (Å²) in [7, 11) is 1.84. The highest BCUT2D eigenvalue weighted by Gasteiger charge is 2.51. The molecule has 1 aromatic rings. The fourth-order valence-corrected chi connectivity index (χ4v) is 3.14. The lowest BCUT2D eigenvalue weighted by atomic mass is 10.0. The molecule has 0 aromatic carbocycles. The Hall–Kier alpha value is -2.00. The fraction of sp³-hybridized carbons (Fsp3) is 0.733. The molecule has 1 saturated heterocycles. The molecule has 1 aliphatic carbocycles. The molecule has 1 saturated carbocycles. The smallest absolute Gasteiger partial charge is 0.309 e. The van der Waals surface area contributed by atoms with Crippen molar-refractivity contribution < 1.29 is 19.8 Å². The number of carboxylic acid groups (broad SMARTS) is 1. The summed E-state index contributed by atoms with van der Waals surface area (Å²) in [6, 6.07) is 0. The summed E-state index contributed by atoms with van der Waals surface area (Å²) in [6.07, 6.45) is 2.97. The van der Waals surface area contributed by atoms with Crippen molar-refractivity contribution in [3.05, 3.63) is 12.2 Å². The second kappa shape index (κ2) is 6.48. The number of aliphatic hydroxyl groups excluding tert-OH is 1. The summed E-state index contributed by atoms with van der Waals surface area (Å²) in [4.78, 5) is 27.8. The van der Waals surface area contributed by atoms with Gasteiger partial charge in [-0.05, 0) is 12.8 Å². The largest absolute Gasteiger partial charge is 0.481 e. The Kier molecular flexibility index (Phi) is 4.55. The third-order valence-corrected chi connectivity index (χ3v) is 5.02. The number of carbonyl (C=O) groups is 2. The van der Waals surface area contributed by atoms with Crippen LogP contribution in [-0.4, -0.2) is 79.4 Å². The minimum absolute atomic E-state index is 0.114. The molecule has 24 heavy (non-hydrogen) atoms. The normalized spacial score (nSPS) is 23.8. The minimum atomic E-state index is -0.911. The zero-order valence-corrected chi connectivity index (χ0v) is 13.8. The standard InChI is InChI=1S/C15H23N5O4/c1-18-10-16-17-12(18)8-19-4-5-20(7-11(6-19)13(22)23)14(24)15(9-21)2-3-15/h10-11,21H,2-9H2,1H3,(H,22,23). The van der Waals surface area contributed by atoms with E-state index < -0.39 is 17.3 Å². The molecule has 132 valence electrons. The third kappa shape index (κ3) is 3.27. The van der Waals surface area contributed by atoms with Crippen LogP contribution in [0.4, 0.5) is 0 Å². The van der Waals surface area contributed by atoms with Crippen LogP contribution in [-0.2, 0) is 23.2 Å². The van der Waals surface area contributed by atoms with Crippen LogP contribution in [0.25, 0.3) is 0 Å². The zero-order valence-electron chi connectivity index (χ0n) is 13.8. The molecule has 0 radical (unpaired) electrons. The van der Waals surface area contributed by atoms with Crippen molar-refractivity contribution in [1.29, 1.82) is 0 Å². The number of aryl methyl sites for hydroxylation is 1. The van der Waals surface area contributed by atoms with Gasteiger partial charge in [0, 0.05) is 33.2 Å². The van der Waals surface area contributed by atoms with E-state index >= 15 is 0 Å². The average Bonchev–Trinajstić information content (AvgIpc) is 3.30. The molecule has 2 N–H and O–H groups in total. The SMILES string of the molecule is Cn1cnnc1CN1CCN(C(=O)C2(CO)CC2)CC(C(=O)O)C1. The Labute approximate surface area is 139 Å². The molecule has 0 bridgehead atoms. The molecule has 2 fully saturated rings. The Morgan fingerprint density at radius 2 is 2.08 bits per heavy atom. The van der Waals surface area contributed by atoms with Crippen LogP contribution in [0.1, 0.15) is 18.7 Å². The number of amides is 1. The van der Waals surface area contributed by atoms with Gasteiger partial charge in [0.1, 0.15) is 12.2 Å². The van der Waals surface area contributed by atoms with E-state index in [1.54, 1.807) is 15.8 Å². The van der Waals surface area contributed by atoms with E-state index in [1.165, 1.54) is 0 Å². The predicted molar refractivity (Wildman–Crippen MR) is 82.7 cm³/mol. The summed E-state index contributed by atoms with van der Waals surface area (Å²) in [5.74, 6) is -0.921. The number of carboxylic acids is 1. The summed E-state index contributed by atoms with van der Waals surface area (Å²) in [5, 5.41) is 26.8. The van der Waals surface area contributed by atoms with Gasteiger partial charge >= 0.3 is 5.97 Å². The fourth-order valence-electron chi connectivity index (χ4n) is 3.14. The Morgan fingerprint density at radius 3 is 2.62 bits per heavy atom. The van der Waals surface area contributed by atoms with Crippen LogP contribution < -0.4 is 0 Å².